The van der Waals surface area contributed by atoms with Crippen molar-refractivity contribution in [3.63, 3.8) is 0 Å². The molecule has 2 aromatic carbocycles. The van der Waals surface area contributed by atoms with E-state index in [-0.39, 0.29) is 17.8 Å². The van der Waals surface area contributed by atoms with Crippen molar-refractivity contribution in [1.82, 2.24) is 15.5 Å². The van der Waals surface area contributed by atoms with E-state index in [1.54, 1.807) is 38.2 Å². The third-order valence-corrected chi connectivity index (χ3v) is 4.56. The largest absolute Gasteiger partial charge is 0.489 e. The third kappa shape index (κ3) is 7.39. The lowest BCUT2D eigenvalue weighted by Crippen LogP contribution is -2.43. The van der Waals surface area contributed by atoms with Gasteiger partial charge in [-0.05, 0) is 42.7 Å². The number of nitrogens with one attached hydrogen (secondary N) is 2. The minimum absolute atomic E-state index is 0.00816. The number of nitrogens with zero attached hydrogens (tertiary/aromatic N) is 2. The summed E-state index contributed by atoms with van der Waals surface area (Å²) in [5, 5.41) is 6.52. The van der Waals surface area contributed by atoms with Crippen LogP contribution in [-0.2, 0) is 6.42 Å². The summed E-state index contributed by atoms with van der Waals surface area (Å²) < 4.78 is 19.2. The van der Waals surface area contributed by atoms with Gasteiger partial charge in [0.25, 0.3) is 5.91 Å². The molecule has 162 valence electrons. The summed E-state index contributed by atoms with van der Waals surface area (Å²) in [6.07, 6.45) is 1.42. The van der Waals surface area contributed by atoms with Crippen molar-refractivity contribution in [3.8, 4) is 5.75 Å². The van der Waals surface area contributed by atoms with Gasteiger partial charge < -0.3 is 20.3 Å². The molecule has 0 aromatic heterocycles. The fourth-order valence-corrected chi connectivity index (χ4v) is 2.88. The van der Waals surface area contributed by atoms with Crippen LogP contribution in [-0.4, -0.2) is 57.1 Å². The molecule has 0 fully saturated rings. The molecule has 0 aliphatic rings. The molecule has 30 heavy (non-hydrogen) atoms. The van der Waals surface area contributed by atoms with Gasteiger partial charge in [-0.3, -0.25) is 9.79 Å². The number of aliphatic imine (C=N–C) groups is 1. The van der Waals surface area contributed by atoms with Gasteiger partial charge in [0.05, 0.1) is 6.54 Å². The van der Waals surface area contributed by atoms with Crippen LogP contribution < -0.4 is 15.4 Å². The summed E-state index contributed by atoms with van der Waals surface area (Å²) in [5.74, 6) is 0.853. The average Bonchev–Trinajstić information content (AvgIpc) is 2.74. The molecule has 0 spiro atoms. The molecular formula is C23H31FN4O2. The predicted octanol–water partition coefficient (Wildman–Crippen LogP) is 3.09. The van der Waals surface area contributed by atoms with Crippen LogP contribution in [0.2, 0.25) is 0 Å². The first kappa shape index (κ1) is 23.2. The van der Waals surface area contributed by atoms with Gasteiger partial charge in [0.15, 0.2) is 5.96 Å². The summed E-state index contributed by atoms with van der Waals surface area (Å²) >= 11 is 0. The molecule has 1 atom stereocenters. The number of carbonyl (C=O) groups excluding carboxylic acids is 1. The van der Waals surface area contributed by atoms with Gasteiger partial charge in [-0.2, -0.15) is 0 Å². The zero-order valence-electron chi connectivity index (χ0n) is 18.1. The van der Waals surface area contributed by atoms with E-state index in [9.17, 15) is 9.18 Å². The van der Waals surface area contributed by atoms with Crippen LogP contribution in [0.15, 0.2) is 53.5 Å². The molecule has 0 saturated carbocycles. The number of guanidine groups is 1. The highest BCUT2D eigenvalue weighted by molar-refractivity contribution is 5.94. The topological polar surface area (TPSA) is 66.0 Å². The van der Waals surface area contributed by atoms with Crippen LogP contribution in [0.3, 0.4) is 0 Å². The lowest BCUT2D eigenvalue weighted by Gasteiger charge is -2.20. The Morgan fingerprint density at radius 1 is 1.17 bits per heavy atom. The van der Waals surface area contributed by atoms with Crippen LogP contribution in [0.4, 0.5) is 4.39 Å². The number of amides is 1. The molecule has 0 radical (unpaired) electrons. The first-order valence-corrected chi connectivity index (χ1v) is 10.1. The number of hydrogen-bond acceptors (Lipinski definition) is 3. The Bertz CT molecular complexity index is 855. The Balaban J connectivity index is 1.82. The van der Waals surface area contributed by atoms with Gasteiger partial charge >= 0.3 is 0 Å². The second-order valence-corrected chi connectivity index (χ2v) is 7.14. The molecule has 7 heteroatoms. The van der Waals surface area contributed by atoms with E-state index in [4.69, 9.17) is 4.74 Å². The van der Waals surface area contributed by atoms with Crippen molar-refractivity contribution in [2.24, 2.45) is 4.99 Å². The highest BCUT2D eigenvalue weighted by Crippen LogP contribution is 2.14. The monoisotopic (exact) mass is 414 g/mol. The molecule has 0 aliphatic heterocycles. The summed E-state index contributed by atoms with van der Waals surface area (Å²) in [6.45, 7) is 3.23. The van der Waals surface area contributed by atoms with Crippen molar-refractivity contribution < 1.29 is 13.9 Å². The quantitative estimate of drug-likeness (QED) is 0.489. The molecule has 1 amide bonds. The van der Waals surface area contributed by atoms with Crippen molar-refractivity contribution in [2.75, 3.05) is 34.2 Å². The van der Waals surface area contributed by atoms with E-state index in [1.807, 2.05) is 31.2 Å². The number of ether oxygens (including phenoxy) is 1. The molecule has 2 rings (SSSR count). The Morgan fingerprint density at radius 3 is 2.60 bits per heavy atom. The molecule has 1 unspecified atom stereocenters. The second kappa shape index (κ2) is 11.8. The van der Waals surface area contributed by atoms with Crippen LogP contribution in [0.1, 0.15) is 29.3 Å². The zero-order valence-corrected chi connectivity index (χ0v) is 18.1. The summed E-state index contributed by atoms with van der Waals surface area (Å²) in [7, 11) is 5.20. The highest BCUT2D eigenvalue weighted by Gasteiger charge is 2.11. The SMILES string of the molecule is CCC(CNC(=NC)NCCc1cccc(C(=O)N(C)C)c1)Oc1cccc(F)c1. The summed E-state index contributed by atoms with van der Waals surface area (Å²) in [4.78, 5) is 17.9. The number of carbonyl (C=O) groups is 1. The van der Waals surface area contributed by atoms with Gasteiger partial charge in [0, 0.05) is 39.3 Å². The Labute approximate surface area is 178 Å². The average molecular weight is 415 g/mol. The Hall–Kier alpha value is -3.09. The molecule has 2 N–H and O–H groups in total. The van der Waals surface area contributed by atoms with Crippen molar-refractivity contribution in [1.29, 1.82) is 0 Å². The lowest BCUT2D eigenvalue weighted by molar-refractivity contribution is 0.0827. The maximum absolute atomic E-state index is 13.3. The molecule has 0 heterocycles. The zero-order chi connectivity index (χ0) is 21.9. The summed E-state index contributed by atoms with van der Waals surface area (Å²) in [5.41, 5.74) is 1.76. The maximum atomic E-state index is 13.3. The number of benzene rings is 2. The van der Waals surface area contributed by atoms with E-state index in [2.05, 4.69) is 15.6 Å². The fourth-order valence-electron chi connectivity index (χ4n) is 2.88. The van der Waals surface area contributed by atoms with Crippen LogP contribution in [0, 0.1) is 5.82 Å². The Kier molecular flexibility index (Phi) is 9.12. The van der Waals surface area contributed by atoms with Crippen molar-refractivity contribution in [3.05, 3.63) is 65.5 Å². The first-order valence-electron chi connectivity index (χ1n) is 10.1. The van der Waals surface area contributed by atoms with E-state index < -0.39 is 0 Å². The number of halogens is 1. The predicted molar refractivity (Wildman–Crippen MR) is 119 cm³/mol. The lowest BCUT2D eigenvalue weighted by atomic mass is 10.1. The molecule has 0 saturated heterocycles. The van der Waals surface area contributed by atoms with Crippen LogP contribution in [0.5, 0.6) is 5.75 Å². The highest BCUT2D eigenvalue weighted by atomic mass is 19.1. The van der Waals surface area contributed by atoms with Crippen molar-refractivity contribution in [2.45, 2.75) is 25.9 Å². The number of hydrogen-bond donors (Lipinski definition) is 2. The number of rotatable bonds is 9. The third-order valence-electron chi connectivity index (χ3n) is 4.56. The molecule has 0 bridgehead atoms. The van der Waals surface area contributed by atoms with E-state index in [0.717, 1.165) is 18.4 Å². The smallest absolute Gasteiger partial charge is 0.253 e. The Morgan fingerprint density at radius 2 is 1.93 bits per heavy atom. The molecule has 2 aromatic rings. The van der Waals surface area contributed by atoms with Crippen LogP contribution >= 0.6 is 0 Å². The van der Waals surface area contributed by atoms with Gasteiger partial charge in [-0.25, -0.2) is 4.39 Å². The molecule has 0 aliphatic carbocycles. The minimum atomic E-state index is -0.316. The normalized spacial score (nSPS) is 12.2. The molecule has 6 nitrogen and oxygen atoms in total. The van der Waals surface area contributed by atoms with Gasteiger partial charge in [0.2, 0.25) is 0 Å². The van der Waals surface area contributed by atoms with Gasteiger partial charge in [-0.15, -0.1) is 0 Å². The van der Waals surface area contributed by atoms with E-state index in [0.29, 0.717) is 30.4 Å². The van der Waals surface area contributed by atoms with Gasteiger partial charge in [-0.1, -0.05) is 25.1 Å². The van der Waals surface area contributed by atoms with E-state index >= 15 is 0 Å². The van der Waals surface area contributed by atoms with Gasteiger partial charge in [0.1, 0.15) is 17.7 Å². The fraction of sp³-hybridized carbons (Fsp3) is 0.391. The first-order chi connectivity index (χ1) is 14.4. The summed E-state index contributed by atoms with van der Waals surface area (Å²) in [6, 6.07) is 13.8. The van der Waals surface area contributed by atoms with E-state index in [1.165, 1.54) is 12.1 Å². The molecular weight excluding hydrogens is 383 g/mol. The van der Waals surface area contributed by atoms with Crippen LogP contribution in [0.25, 0.3) is 0 Å². The second-order valence-electron chi connectivity index (χ2n) is 7.14. The maximum Gasteiger partial charge on any atom is 0.253 e. The van der Waals surface area contributed by atoms with Crippen molar-refractivity contribution >= 4 is 11.9 Å². The minimum Gasteiger partial charge on any atom is -0.489 e. The standard InChI is InChI=1S/C23H31FN4O2/c1-5-20(30-21-11-7-10-19(24)15-21)16-27-23(25-2)26-13-12-17-8-6-9-18(14-17)22(29)28(3)4/h6-11,14-15,20H,5,12-13,16H2,1-4H3,(H2,25,26,27).